The van der Waals surface area contributed by atoms with Crippen LogP contribution in [0, 0.1) is 18.6 Å². The summed E-state index contributed by atoms with van der Waals surface area (Å²) in [7, 11) is -3.78. The maximum Gasteiger partial charge on any atom is 0.416 e. The molecular weight excluding hydrogens is 710 g/mol. The average Bonchev–Trinajstić information content (AvgIpc) is 0.665. The molecule has 0 unspecified atom stereocenters. The summed E-state index contributed by atoms with van der Waals surface area (Å²) in [6.07, 6.45) is -15.6. The molecule has 6 nitrogen and oxygen atoms in total. The van der Waals surface area contributed by atoms with Crippen LogP contribution in [0.2, 0.25) is 0 Å². The van der Waals surface area contributed by atoms with Crippen molar-refractivity contribution < 1.29 is 76.7 Å². The molecule has 1 fully saturated rings. The number of fused-ring (bicyclic) bond motifs is 1. The fraction of sp³-hybridized carbons (Fsp3) is 0.317. The van der Waals surface area contributed by atoms with Crippen molar-refractivity contribution in [3.05, 3.63) is 135 Å². The Kier molecular flexibility index (Phi) is 4.59. The van der Waals surface area contributed by atoms with Crippen molar-refractivity contribution in [3.8, 4) is 11.1 Å². The molecule has 12 heteroatoms. The molecule has 0 aliphatic carbocycles. The number of aromatic nitrogens is 1. The van der Waals surface area contributed by atoms with E-state index in [1.807, 2.05) is 0 Å². The molecule has 1 aliphatic rings. The lowest BCUT2D eigenvalue weighted by Crippen LogP contribution is -2.48. The van der Waals surface area contributed by atoms with Crippen LogP contribution in [0.1, 0.15) is 80.2 Å². The Morgan fingerprint density at radius 1 is 1.04 bits per heavy atom. The summed E-state index contributed by atoms with van der Waals surface area (Å²) in [5, 5.41) is -2.69. The lowest BCUT2D eigenvalue weighted by atomic mass is 10.00. The van der Waals surface area contributed by atoms with Gasteiger partial charge in [-0.1, -0.05) is 59.9 Å². The summed E-state index contributed by atoms with van der Waals surface area (Å²) in [6, 6.07) is -29.5. The van der Waals surface area contributed by atoms with E-state index in [2.05, 4.69) is 4.74 Å². The number of methoxy groups -OCH3 is 1. The number of rotatable bonds is 12. The molecule has 0 radical (unpaired) electrons. The van der Waals surface area contributed by atoms with Gasteiger partial charge in [-0.25, -0.2) is 8.78 Å². The highest BCUT2D eigenvalue weighted by Gasteiger charge is 2.31. The average molecular weight is 783 g/mol. The number of thioether (sulfide) groups is 1. The molecule has 0 atom stereocenters. The number of piperidine rings is 1. The molecule has 0 N–H and O–H groups in total. The lowest BCUT2D eigenvalue weighted by Gasteiger charge is -2.39. The van der Waals surface area contributed by atoms with E-state index in [-0.39, 0.29) is 4.57 Å². The zero-order valence-corrected chi connectivity index (χ0v) is 27.1. The van der Waals surface area contributed by atoms with Gasteiger partial charge in [0, 0.05) is 75.5 Å². The summed E-state index contributed by atoms with van der Waals surface area (Å²) >= 11 is -0.698. The number of hydrogen-bond donors (Lipinski definition) is 0. The second kappa shape index (κ2) is 16.7. The molecular formula is C41H40F5N3O3S. The highest BCUT2D eigenvalue weighted by atomic mass is 32.2. The maximum absolute atomic E-state index is 15.9. The Labute approximate surface area is 355 Å². The van der Waals surface area contributed by atoms with Crippen molar-refractivity contribution in [3.63, 3.8) is 0 Å². The molecule has 1 aliphatic heterocycles. The van der Waals surface area contributed by atoms with E-state index in [0.717, 1.165) is 6.92 Å². The van der Waals surface area contributed by atoms with E-state index in [0.29, 0.717) is 0 Å². The van der Waals surface area contributed by atoms with Gasteiger partial charge in [-0.2, -0.15) is 13.2 Å². The third-order valence-electron chi connectivity index (χ3n) is 6.59. The fourth-order valence-corrected chi connectivity index (χ4v) is 4.93. The smallest absolute Gasteiger partial charge is 0.383 e. The van der Waals surface area contributed by atoms with Crippen LogP contribution in [0.4, 0.5) is 22.0 Å². The first-order valence-electron chi connectivity index (χ1n) is 30.8. The highest BCUT2D eigenvalue weighted by Crippen LogP contribution is 2.32. The molecule has 4 aromatic carbocycles. The second-order valence-corrected chi connectivity index (χ2v) is 10.9. The van der Waals surface area contributed by atoms with Gasteiger partial charge in [0.1, 0.15) is 6.54 Å². The second-order valence-electron chi connectivity index (χ2n) is 10.1. The number of pyridine rings is 1. The van der Waals surface area contributed by atoms with Gasteiger partial charge in [0.15, 0.2) is 17.1 Å². The number of hydrogen-bond acceptors (Lipinski definition) is 5. The number of nitrogens with zero attached hydrogens (tertiary/aromatic N) is 3. The standard InChI is InChI=1S/C41H40F5N3O3S/c1-27-6-15-36-34(22-27)37(50)23-39(53-26-31-4-3-5-35(42)40(31)43)49(36)25-38(51)48(33-16-18-47(19-17-33)20-21-52-2)24-28-7-9-29(10-8-28)30-11-13-32(14-12-30)41(44,45)46/h3-15,22-23,33H,16-21,24-26H2,1-2H3/i2D3,3D,4D,5D,6D,7D,8D,9D,10D,11D,12D,13D,14D,15D,16D2,17D2,18D2,19D2,21D2,22D,23D,24D2,26D2,33D. The molecule has 0 spiro atoms. The molecule has 1 saturated heterocycles. The number of alkyl halides is 3. The number of carbonyl (C=O) groups is 1. The van der Waals surface area contributed by atoms with Crippen molar-refractivity contribution in [1.29, 1.82) is 0 Å². The number of carbonyl (C=O) groups excluding carboxylic acids is 1. The molecule has 6 rings (SSSR count). The van der Waals surface area contributed by atoms with Gasteiger partial charge in [0.05, 0.1) is 54.2 Å². The van der Waals surface area contributed by atoms with Crippen LogP contribution in [0.25, 0.3) is 22.0 Å². The summed E-state index contributed by atoms with van der Waals surface area (Å²) in [5.74, 6) is -7.24. The Morgan fingerprint density at radius 2 is 1.74 bits per heavy atom. The Balaban J connectivity index is 1.82. The minimum atomic E-state index is -5.61. The molecule has 2 heterocycles. The first-order valence-corrected chi connectivity index (χ1v) is 15.1. The van der Waals surface area contributed by atoms with Crippen LogP contribution in [0.5, 0.6) is 0 Å². The number of ether oxygens (including phenoxy) is 1. The molecule has 53 heavy (non-hydrogen) atoms. The van der Waals surface area contributed by atoms with Gasteiger partial charge in [0.2, 0.25) is 5.91 Å². The number of likely N-dealkylation sites (tertiary alicyclic amines) is 1. The molecule has 278 valence electrons. The van der Waals surface area contributed by atoms with Gasteiger partial charge in [-0.05, 0) is 66.6 Å². The summed E-state index contributed by atoms with van der Waals surface area (Å²) in [5.41, 5.74) is -16.4. The molecule has 0 bridgehead atoms. The van der Waals surface area contributed by atoms with Gasteiger partial charge < -0.3 is 19.1 Å². The Bertz CT molecular complexity index is 3670. The number of halogens is 5. The first-order chi connectivity index (χ1) is 38.4. The van der Waals surface area contributed by atoms with E-state index >= 15 is 13.6 Å². The summed E-state index contributed by atoms with van der Waals surface area (Å²) < 4.78 is 364. The largest absolute Gasteiger partial charge is 0.416 e. The molecule has 0 saturated carbocycles. The summed E-state index contributed by atoms with van der Waals surface area (Å²) in [4.78, 5) is 28.2. The zero-order valence-electron chi connectivity index (χ0n) is 59.3. The minimum Gasteiger partial charge on any atom is -0.383 e. The van der Waals surface area contributed by atoms with Crippen molar-refractivity contribution in [2.24, 2.45) is 0 Å². The molecule has 5 aromatic rings. The third kappa shape index (κ3) is 9.17. The SMILES string of the molecule is [2H]c1c([2H])c(F)c(F)c(C([2H])([2H])Sc2c([2H])c(=O)c3c([2H])c(C)c([2H])c([2H])c3n2CC(=O)N(C([2H])([2H])c2c([2H])c([2H])c(-c3c([2H])c([2H])c(C(F)(F)F)c([2H])c3[2H])c([2H])c2[2H])C2([2H])C([2H])([2H])C([2H])([2H])N(CC([2H])([2H])OC([2H])([2H])[2H])C([2H])([2H])C2([2H])[2H])c1[2H]. The van der Waals surface area contributed by atoms with Crippen LogP contribution in [0.3, 0.4) is 0 Å². The van der Waals surface area contributed by atoms with Crippen molar-refractivity contribution in [2.75, 3.05) is 33.1 Å². The quantitative estimate of drug-likeness (QED) is 0.0937. The van der Waals surface area contributed by atoms with Crippen molar-refractivity contribution in [1.82, 2.24) is 14.4 Å². The minimum absolute atomic E-state index is 0.0119. The lowest BCUT2D eigenvalue weighted by molar-refractivity contribution is -0.137. The fourth-order valence-electron chi connectivity index (χ4n) is 4.18. The van der Waals surface area contributed by atoms with E-state index in [1.54, 1.807) is 0 Å². The number of benzene rings is 4. The van der Waals surface area contributed by atoms with Crippen molar-refractivity contribution in [2.45, 2.75) is 55.6 Å². The number of amides is 1. The van der Waals surface area contributed by atoms with Crippen LogP contribution in [-0.4, -0.2) is 59.4 Å². The topological polar surface area (TPSA) is 54.8 Å². The third-order valence-corrected chi connectivity index (χ3v) is 7.41. The normalized spacial score (nSPS) is 28.6. The monoisotopic (exact) mass is 782 g/mol. The van der Waals surface area contributed by atoms with E-state index in [9.17, 15) is 27.6 Å². The first kappa shape index (κ1) is 14.6. The van der Waals surface area contributed by atoms with Gasteiger partial charge in [0.25, 0.3) is 0 Å². The van der Waals surface area contributed by atoms with Crippen molar-refractivity contribution >= 4 is 28.6 Å². The van der Waals surface area contributed by atoms with Gasteiger partial charge >= 0.3 is 6.18 Å². The Hall–Kier alpha value is -4.52. The van der Waals surface area contributed by atoms with Gasteiger partial charge in [-0.15, -0.1) is 11.8 Å². The van der Waals surface area contributed by atoms with Crippen LogP contribution in [0.15, 0.2) is 100 Å². The Morgan fingerprint density at radius 3 is 2.42 bits per heavy atom. The predicted octanol–water partition coefficient (Wildman–Crippen LogP) is 8.71. The van der Waals surface area contributed by atoms with Crippen LogP contribution in [-0.2, 0) is 34.5 Å². The highest BCUT2D eigenvalue weighted by molar-refractivity contribution is 7.98. The van der Waals surface area contributed by atoms with E-state index in [1.165, 1.54) is 0 Å². The predicted molar refractivity (Wildman–Crippen MR) is 198 cm³/mol. The van der Waals surface area contributed by atoms with Crippen LogP contribution >= 0.6 is 11.8 Å². The van der Waals surface area contributed by atoms with E-state index in [4.69, 9.17) is 35.6 Å². The molecule has 1 aromatic heterocycles. The zero-order chi connectivity index (χ0) is 66.7. The summed E-state index contributed by atoms with van der Waals surface area (Å²) in [6.45, 7) is -21.6. The maximum atomic E-state index is 15.9. The molecule has 1 amide bonds. The van der Waals surface area contributed by atoms with Crippen LogP contribution < -0.4 is 5.43 Å². The van der Waals surface area contributed by atoms with E-state index < -0.39 is 261 Å². The van der Waals surface area contributed by atoms with Gasteiger partial charge in [-0.3, -0.25) is 9.59 Å².